The van der Waals surface area contributed by atoms with E-state index >= 15 is 0 Å². The molecule has 1 amide bonds. The van der Waals surface area contributed by atoms with Crippen LogP contribution in [-0.2, 0) is 17.9 Å². The summed E-state index contributed by atoms with van der Waals surface area (Å²) in [5.41, 5.74) is 0.423. The molecule has 0 bridgehead atoms. The van der Waals surface area contributed by atoms with Gasteiger partial charge in [-0.2, -0.15) is 0 Å². The van der Waals surface area contributed by atoms with E-state index in [0.29, 0.717) is 23.2 Å². The van der Waals surface area contributed by atoms with E-state index in [-0.39, 0.29) is 23.3 Å². The second-order valence-electron chi connectivity index (χ2n) is 5.87. The highest BCUT2D eigenvalue weighted by atomic mass is 35.5. The largest absolute Gasteiger partial charge is 0.486 e. The molecule has 0 saturated heterocycles. The minimum atomic E-state index is -0.540. The monoisotopic (exact) mass is 432 g/mol. The third-order valence-electron chi connectivity index (χ3n) is 3.75. The highest BCUT2D eigenvalue weighted by Gasteiger charge is 2.14. The van der Waals surface area contributed by atoms with Gasteiger partial charge in [-0.25, -0.2) is 4.39 Å². The van der Waals surface area contributed by atoms with Crippen LogP contribution in [0.5, 0.6) is 5.75 Å². The van der Waals surface area contributed by atoms with Crippen LogP contribution in [0, 0.1) is 5.82 Å². The number of rotatable bonds is 9. The predicted molar refractivity (Wildman–Crippen MR) is 112 cm³/mol. The van der Waals surface area contributed by atoms with Crippen LogP contribution < -0.4 is 10.1 Å². The number of hydrogen-bond acceptors (Lipinski definition) is 5. The highest BCUT2D eigenvalue weighted by Crippen LogP contribution is 2.21. The van der Waals surface area contributed by atoms with Gasteiger partial charge in [0.1, 0.15) is 18.2 Å². The second kappa shape index (κ2) is 10.1. The van der Waals surface area contributed by atoms with Gasteiger partial charge in [0.05, 0.1) is 10.8 Å². The van der Waals surface area contributed by atoms with Crippen molar-refractivity contribution < 1.29 is 13.9 Å². The summed E-state index contributed by atoms with van der Waals surface area (Å²) in [6.07, 6.45) is 1.72. The van der Waals surface area contributed by atoms with Crippen LogP contribution in [0.2, 0.25) is 5.02 Å². The second-order valence-corrected chi connectivity index (χ2v) is 7.22. The van der Waals surface area contributed by atoms with Crippen molar-refractivity contribution in [3.8, 4) is 5.75 Å². The summed E-state index contributed by atoms with van der Waals surface area (Å²) in [7, 11) is 0. The summed E-state index contributed by atoms with van der Waals surface area (Å²) in [5.74, 6) is 0.646. The highest BCUT2D eigenvalue weighted by molar-refractivity contribution is 7.99. The fourth-order valence-electron chi connectivity index (χ4n) is 2.41. The third kappa shape index (κ3) is 5.82. The van der Waals surface area contributed by atoms with Crippen LogP contribution in [0.25, 0.3) is 0 Å². The first-order valence-corrected chi connectivity index (χ1v) is 10.0. The number of ether oxygens (including phenoxy) is 1. The number of amides is 1. The average Bonchev–Trinajstić information content (AvgIpc) is 3.10. The number of carbonyl (C=O) groups is 1. The molecular formula is C20H18ClFN4O2S. The van der Waals surface area contributed by atoms with Crippen molar-refractivity contribution in [1.82, 2.24) is 14.8 Å². The summed E-state index contributed by atoms with van der Waals surface area (Å²) in [4.78, 5) is 12.2. The SMILES string of the molecule is C=CCn1c(COc2ccccc2)nnc1SCC(=O)Nc1ccc(F)c(Cl)c1. The molecule has 0 radical (unpaired) electrons. The normalized spacial score (nSPS) is 10.6. The van der Waals surface area contributed by atoms with Gasteiger partial charge in [0.2, 0.25) is 5.91 Å². The predicted octanol–water partition coefficient (Wildman–Crippen LogP) is 4.57. The molecule has 3 aromatic rings. The van der Waals surface area contributed by atoms with Crippen LogP contribution >= 0.6 is 23.4 Å². The number of hydrogen-bond donors (Lipinski definition) is 1. The smallest absolute Gasteiger partial charge is 0.234 e. The van der Waals surface area contributed by atoms with Crippen molar-refractivity contribution >= 4 is 35.0 Å². The number of anilines is 1. The van der Waals surface area contributed by atoms with Crippen LogP contribution in [-0.4, -0.2) is 26.4 Å². The van der Waals surface area contributed by atoms with E-state index in [0.717, 1.165) is 5.75 Å². The summed E-state index contributed by atoms with van der Waals surface area (Å²) in [5, 5.41) is 11.5. The molecule has 0 aliphatic carbocycles. The summed E-state index contributed by atoms with van der Waals surface area (Å²) < 4.78 is 20.8. The third-order valence-corrected chi connectivity index (χ3v) is 5.01. The topological polar surface area (TPSA) is 69.0 Å². The Morgan fingerprint density at radius 2 is 2.07 bits per heavy atom. The quantitative estimate of drug-likeness (QED) is 0.396. The fraction of sp³-hybridized carbons (Fsp3) is 0.150. The molecule has 150 valence electrons. The van der Waals surface area contributed by atoms with Crippen LogP contribution in [0.3, 0.4) is 0 Å². The maximum Gasteiger partial charge on any atom is 0.234 e. The van der Waals surface area contributed by atoms with E-state index < -0.39 is 5.82 Å². The Balaban J connectivity index is 1.60. The summed E-state index contributed by atoms with van der Waals surface area (Å²) >= 11 is 6.96. The van der Waals surface area contributed by atoms with Gasteiger partial charge in [0, 0.05) is 12.2 Å². The zero-order chi connectivity index (χ0) is 20.6. The van der Waals surface area contributed by atoms with Gasteiger partial charge in [-0.05, 0) is 30.3 Å². The van der Waals surface area contributed by atoms with Crippen molar-refractivity contribution in [1.29, 1.82) is 0 Å². The summed E-state index contributed by atoms with van der Waals surface area (Å²) in [6.45, 7) is 4.48. The first kappa shape index (κ1) is 20.9. The van der Waals surface area contributed by atoms with Gasteiger partial charge >= 0.3 is 0 Å². The molecule has 0 fully saturated rings. The first-order chi connectivity index (χ1) is 14.1. The molecule has 1 N–H and O–H groups in total. The zero-order valence-corrected chi connectivity index (χ0v) is 16.9. The molecule has 0 saturated carbocycles. The molecule has 3 rings (SSSR count). The average molecular weight is 433 g/mol. The van der Waals surface area contributed by atoms with E-state index in [2.05, 4.69) is 22.1 Å². The lowest BCUT2D eigenvalue weighted by Crippen LogP contribution is -2.15. The lowest BCUT2D eigenvalue weighted by Gasteiger charge is -2.09. The molecule has 9 heteroatoms. The molecule has 2 aromatic carbocycles. The lowest BCUT2D eigenvalue weighted by atomic mass is 10.3. The number of para-hydroxylation sites is 1. The maximum absolute atomic E-state index is 13.2. The van der Waals surface area contributed by atoms with Gasteiger partial charge in [-0.3, -0.25) is 9.36 Å². The number of nitrogens with zero attached hydrogens (tertiary/aromatic N) is 3. The lowest BCUT2D eigenvalue weighted by molar-refractivity contribution is -0.113. The number of thioether (sulfide) groups is 1. The molecule has 0 atom stereocenters. The van der Waals surface area contributed by atoms with E-state index in [1.54, 1.807) is 6.08 Å². The number of carbonyl (C=O) groups excluding carboxylic acids is 1. The molecular weight excluding hydrogens is 415 g/mol. The Morgan fingerprint density at radius 1 is 1.28 bits per heavy atom. The van der Waals surface area contributed by atoms with Crippen molar-refractivity contribution in [3.63, 3.8) is 0 Å². The Morgan fingerprint density at radius 3 is 2.79 bits per heavy atom. The minimum Gasteiger partial charge on any atom is -0.486 e. The molecule has 0 unspecified atom stereocenters. The number of aromatic nitrogens is 3. The summed E-state index contributed by atoms with van der Waals surface area (Å²) in [6, 6.07) is 13.4. The van der Waals surface area contributed by atoms with Gasteiger partial charge in [0.25, 0.3) is 0 Å². The Bertz CT molecular complexity index is 997. The molecule has 0 aliphatic rings. The number of nitrogens with one attached hydrogen (secondary N) is 1. The van der Waals surface area contributed by atoms with Gasteiger partial charge in [-0.15, -0.1) is 16.8 Å². The molecule has 1 heterocycles. The zero-order valence-electron chi connectivity index (χ0n) is 15.3. The van der Waals surface area contributed by atoms with Gasteiger partial charge in [0.15, 0.2) is 11.0 Å². The Hall–Kier alpha value is -2.84. The van der Waals surface area contributed by atoms with E-state index in [1.807, 2.05) is 34.9 Å². The van der Waals surface area contributed by atoms with Crippen LogP contribution in [0.15, 0.2) is 66.3 Å². The molecule has 29 heavy (non-hydrogen) atoms. The van der Waals surface area contributed by atoms with E-state index in [1.165, 1.54) is 30.0 Å². The first-order valence-electron chi connectivity index (χ1n) is 8.65. The van der Waals surface area contributed by atoms with Crippen molar-refractivity contribution in [2.45, 2.75) is 18.3 Å². The standard InChI is InChI=1S/C20H18ClFN4O2S/c1-2-10-26-18(12-28-15-6-4-3-5-7-15)24-25-20(26)29-13-19(27)23-14-8-9-17(22)16(21)11-14/h2-9,11H,1,10,12-13H2,(H,23,27). The Labute approximate surface area is 176 Å². The molecule has 0 aliphatic heterocycles. The number of benzene rings is 2. The van der Waals surface area contributed by atoms with Crippen LogP contribution in [0.1, 0.15) is 5.82 Å². The van der Waals surface area contributed by atoms with E-state index in [9.17, 15) is 9.18 Å². The van der Waals surface area contributed by atoms with E-state index in [4.69, 9.17) is 16.3 Å². The Kier molecular flexibility index (Phi) is 7.26. The number of allylic oxidation sites excluding steroid dienone is 1. The van der Waals surface area contributed by atoms with Crippen LogP contribution in [0.4, 0.5) is 10.1 Å². The number of halogens is 2. The van der Waals surface area contributed by atoms with Crippen molar-refractivity contribution in [2.75, 3.05) is 11.1 Å². The van der Waals surface area contributed by atoms with Gasteiger partial charge in [-0.1, -0.05) is 47.6 Å². The fourth-order valence-corrected chi connectivity index (χ4v) is 3.36. The van der Waals surface area contributed by atoms with Crippen molar-refractivity contribution in [3.05, 3.63) is 77.9 Å². The minimum absolute atomic E-state index is 0.0516. The molecule has 1 aromatic heterocycles. The molecule has 0 spiro atoms. The van der Waals surface area contributed by atoms with Crippen molar-refractivity contribution in [2.24, 2.45) is 0 Å². The maximum atomic E-state index is 13.2. The van der Waals surface area contributed by atoms with Gasteiger partial charge < -0.3 is 10.1 Å². The molecule has 6 nitrogen and oxygen atoms in total.